The number of para-hydroxylation sites is 1. The Morgan fingerprint density at radius 3 is 2.68 bits per heavy atom. The fourth-order valence-corrected chi connectivity index (χ4v) is 4.36. The summed E-state index contributed by atoms with van der Waals surface area (Å²) in [6.07, 6.45) is 7.04. The molecule has 6 heteroatoms. The van der Waals surface area contributed by atoms with Crippen LogP contribution in [0.4, 0.5) is 4.79 Å². The Hall–Kier alpha value is -1.79. The molecule has 2 heterocycles. The molecule has 0 radical (unpaired) electrons. The number of hydrogen-bond donors (Lipinski definition) is 1. The van der Waals surface area contributed by atoms with E-state index in [0.29, 0.717) is 18.7 Å². The van der Waals surface area contributed by atoms with Crippen LogP contribution >= 0.6 is 0 Å². The smallest absolute Gasteiger partial charge is 0.318 e. The van der Waals surface area contributed by atoms with Gasteiger partial charge in [-0.25, -0.2) is 4.79 Å². The van der Waals surface area contributed by atoms with Gasteiger partial charge >= 0.3 is 6.03 Å². The van der Waals surface area contributed by atoms with Crippen LogP contribution in [0.1, 0.15) is 44.1 Å². The molecule has 2 amide bonds. The maximum absolute atomic E-state index is 13.0. The van der Waals surface area contributed by atoms with Gasteiger partial charge in [0.1, 0.15) is 5.75 Å². The van der Waals surface area contributed by atoms with Gasteiger partial charge in [-0.2, -0.15) is 0 Å². The van der Waals surface area contributed by atoms with Gasteiger partial charge in [0.2, 0.25) is 0 Å². The molecule has 2 aliphatic heterocycles. The number of ether oxygens (including phenoxy) is 2. The first kappa shape index (κ1) is 19.5. The summed E-state index contributed by atoms with van der Waals surface area (Å²) in [4.78, 5) is 17.5. The predicted molar refractivity (Wildman–Crippen MR) is 109 cm³/mol. The average Bonchev–Trinajstić information content (AvgIpc) is 3.43. The van der Waals surface area contributed by atoms with Crippen molar-refractivity contribution in [3.05, 3.63) is 29.8 Å². The number of methoxy groups -OCH3 is 1. The maximum Gasteiger partial charge on any atom is 0.318 e. The fraction of sp³-hybridized carbons (Fsp3) is 0.682. The molecule has 154 valence electrons. The number of nitrogens with one attached hydrogen (secondary N) is 1. The van der Waals surface area contributed by atoms with Gasteiger partial charge in [-0.3, -0.25) is 0 Å². The number of likely N-dealkylation sites (tertiary alicyclic amines) is 1. The van der Waals surface area contributed by atoms with Crippen molar-refractivity contribution in [2.45, 2.75) is 63.3 Å². The molecule has 3 aliphatic rings. The highest BCUT2D eigenvalue weighted by atomic mass is 16.5. The highest BCUT2D eigenvalue weighted by Gasteiger charge is 2.34. The predicted octanol–water partition coefficient (Wildman–Crippen LogP) is 3.01. The standard InChI is InChI=1S/C22H33N3O3/c1-27-21-7-3-2-5-17(21)15-25(19-8-9-19)22(26)23-18-10-12-24(13-11-18)16-20-6-4-14-28-20/h2-3,5,7,18-20H,4,6,8-16H2,1H3,(H,23,26)/t20-/m1/s1. The molecule has 1 aromatic rings. The van der Waals surface area contributed by atoms with Crippen LogP contribution in [0.25, 0.3) is 0 Å². The first-order valence-corrected chi connectivity index (χ1v) is 10.8. The van der Waals surface area contributed by atoms with Gasteiger partial charge in [-0.05, 0) is 44.6 Å². The largest absolute Gasteiger partial charge is 0.496 e. The van der Waals surface area contributed by atoms with Crippen LogP contribution in [-0.4, -0.2) is 67.4 Å². The zero-order chi connectivity index (χ0) is 19.3. The molecular formula is C22H33N3O3. The molecule has 6 nitrogen and oxygen atoms in total. The second kappa shape index (κ2) is 9.14. The Morgan fingerprint density at radius 1 is 1.21 bits per heavy atom. The number of amides is 2. The van der Waals surface area contributed by atoms with Crippen LogP contribution in [0.15, 0.2) is 24.3 Å². The zero-order valence-corrected chi connectivity index (χ0v) is 16.9. The summed E-state index contributed by atoms with van der Waals surface area (Å²) in [5.74, 6) is 0.850. The average molecular weight is 388 g/mol. The number of carbonyl (C=O) groups excluding carboxylic acids is 1. The molecule has 1 atom stereocenters. The second-order valence-corrected chi connectivity index (χ2v) is 8.33. The molecule has 1 N–H and O–H groups in total. The number of nitrogens with zero attached hydrogens (tertiary/aromatic N) is 2. The quantitative estimate of drug-likeness (QED) is 0.781. The summed E-state index contributed by atoms with van der Waals surface area (Å²) in [6, 6.07) is 8.69. The lowest BCUT2D eigenvalue weighted by Crippen LogP contribution is -2.50. The normalized spacial score (nSPS) is 23.5. The van der Waals surface area contributed by atoms with E-state index in [2.05, 4.69) is 10.2 Å². The fourth-order valence-electron chi connectivity index (χ4n) is 4.36. The van der Waals surface area contributed by atoms with Gasteiger partial charge < -0.3 is 24.6 Å². The molecule has 0 spiro atoms. The second-order valence-electron chi connectivity index (χ2n) is 8.33. The SMILES string of the molecule is COc1ccccc1CN(C(=O)NC1CCN(C[C@H]2CCCO2)CC1)C1CC1. The maximum atomic E-state index is 13.0. The third-order valence-electron chi connectivity index (χ3n) is 6.18. The minimum Gasteiger partial charge on any atom is -0.496 e. The van der Waals surface area contributed by atoms with Crippen molar-refractivity contribution in [1.29, 1.82) is 0 Å². The lowest BCUT2D eigenvalue weighted by molar-refractivity contribution is 0.0627. The van der Waals surface area contributed by atoms with E-state index in [9.17, 15) is 4.79 Å². The zero-order valence-electron chi connectivity index (χ0n) is 16.9. The third-order valence-corrected chi connectivity index (χ3v) is 6.18. The van der Waals surface area contributed by atoms with E-state index in [4.69, 9.17) is 9.47 Å². The summed E-state index contributed by atoms with van der Waals surface area (Å²) in [5.41, 5.74) is 1.07. The molecule has 4 rings (SSSR count). The van der Waals surface area contributed by atoms with Gasteiger partial charge in [0.15, 0.2) is 0 Å². The lowest BCUT2D eigenvalue weighted by Gasteiger charge is -2.35. The summed E-state index contributed by atoms with van der Waals surface area (Å²) >= 11 is 0. The van der Waals surface area contributed by atoms with Crippen LogP contribution in [0.2, 0.25) is 0 Å². The highest BCUT2D eigenvalue weighted by Crippen LogP contribution is 2.30. The molecule has 1 aliphatic carbocycles. The van der Waals surface area contributed by atoms with Crippen molar-refractivity contribution in [3.63, 3.8) is 0 Å². The van der Waals surface area contributed by atoms with Gasteiger partial charge in [-0.15, -0.1) is 0 Å². The third kappa shape index (κ3) is 4.97. The molecule has 0 aromatic heterocycles. The number of piperidine rings is 1. The summed E-state index contributed by atoms with van der Waals surface area (Å²) < 4.78 is 11.2. The van der Waals surface area contributed by atoms with Crippen LogP contribution in [0.5, 0.6) is 5.75 Å². The van der Waals surface area contributed by atoms with E-state index in [1.165, 1.54) is 12.8 Å². The molecule has 0 unspecified atom stereocenters. The molecule has 1 saturated carbocycles. The van der Waals surface area contributed by atoms with Crippen molar-refractivity contribution >= 4 is 6.03 Å². The van der Waals surface area contributed by atoms with Crippen LogP contribution in [0, 0.1) is 0 Å². The Kier molecular flexibility index (Phi) is 6.37. The number of benzene rings is 1. The van der Waals surface area contributed by atoms with Crippen molar-refractivity contribution < 1.29 is 14.3 Å². The molecule has 28 heavy (non-hydrogen) atoms. The van der Waals surface area contributed by atoms with Gasteiger partial charge in [0, 0.05) is 43.9 Å². The van der Waals surface area contributed by atoms with E-state index < -0.39 is 0 Å². The first-order valence-electron chi connectivity index (χ1n) is 10.8. The lowest BCUT2D eigenvalue weighted by atomic mass is 10.0. The van der Waals surface area contributed by atoms with Crippen LogP contribution < -0.4 is 10.1 Å². The Bertz CT molecular complexity index is 650. The van der Waals surface area contributed by atoms with Gasteiger partial charge in [0.25, 0.3) is 0 Å². The van der Waals surface area contributed by atoms with Crippen molar-refractivity contribution in [2.24, 2.45) is 0 Å². The number of urea groups is 1. The number of hydrogen-bond acceptors (Lipinski definition) is 4. The Labute approximate surface area is 168 Å². The van der Waals surface area contributed by atoms with Crippen molar-refractivity contribution in [3.8, 4) is 5.75 Å². The molecule has 1 aromatic carbocycles. The Morgan fingerprint density at radius 2 is 2.00 bits per heavy atom. The highest BCUT2D eigenvalue weighted by molar-refractivity contribution is 5.75. The first-order chi connectivity index (χ1) is 13.7. The monoisotopic (exact) mass is 387 g/mol. The van der Waals surface area contributed by atoms with Crippen molar-refractivity contribution in [1.82, 2.24) is 15.1 Å². The van der Waals surface area contributed by atoms with E-state index in [0.717, 1.165) is 63.2 Å². The van der Waals surface area contributed by atoms with E-state index >= 15 is 0 Å². The van der Waals surface area contributed by atoms with E-state index in [1.807, 2.05) is 29.2 Å². The summed E-state index contributed by atoms with van der Waals surface area (Å²) in [7, 11) is 1.69. The topological polar surface area (TPSA) is 54.0 Å². The van der Waals surface area contributed by atoms with Crippen LogP contribution in [-0.2, 0) is 11.3 Å². The van der Waals surface area contributed by atoms with Gasteiger partial charge in [-0.1, -0.05) is 18.2 Å². The van der Waals surface area contributed by atoms with Gasteiger partial charge in [0.05, 0.1) is 19.8 Å². The number of rotatable bonds is 7. The Balaban J connectivity index is 1.28. The number of carbonyl (C=O) groups is 1. The van der Waals surface area contributed by atoms with E-state index in [-0.39, 0.29) is 12.1 Å². The molecule has 2 saturated heterocycles. The minimum absolute atomic E-state index is 0.0750. The molecule has 3 fully saturated rings. The van der Waals surface area contributed by atoms with E-state index in [1.54, 1.807) is 7.11 Å². The molecule has 0 bridgehead atoms. The van der Waals surface area contributed by atoms with Crippen LogP contribution in [0.3, 0.4) is 0 Å². The van der Waals surface area contributed by atoms with Crippen molar-refractivity contribution in [2.75, 3.05) is 33.4 Å². The summed E-state index contributed by atoms with van der Waals surface area (Å²) in [5, 5.41) is 3.30. The minimum atomic E-state index is 0.0750. The molecular weight excluding hydrogens is 354 g/mol. The summed E-state index contributed by atoms with van der Waals surface area (Å²) in [6.45, 7) is 4.66.